The summed E-state index contributed by atoms with van der Waals surface area (Å²) in [6.45, 7) is 0.125. The van der Waals surface area contributed by atoms with Crippen LogP contribution in [0.1, 0.15) is 0 Å². The van der Waals surface area contributed by atoms with Crippen molar-refractivity contribution in [3.05, 3.63) is 51.4 Å². The molecule has 0 N–H and O–H groups in total. The fourth-order valence-corrected chi connectivity index (χ4v) is 4.25. The van der Waals surface area contributed by atoms with Crippen molar-refractivity contribution in [2.75, 3.05) is 25.2 Å². The van der Waals surface area contributed by atoms with Crippen molar-refractivity contribution in [3.63, 3.8) is 0 Å². The third-order valence-electron chi connectivity index (χ3n) is 4.83. The number of nitrogens with zero attached hydrogens (tertiary/aromatic N) is 6. The largest absolute Gasteiger partial charge is 0.383 e. The Labute approximate surface area is 174 Å². The summed E-state index contributed by atoms with van der Waals surface area (Å²) in [5.74, 6) is -0.424. The number of carbonyl (C=O) groups excluding carboxylic acids is 1. The maximum Gasteiger partial charge on any atom is 0.332 e. The van der Waals surface area contributed by atoms with Gasteiger partial charge in [-0.2, -0.15) is 0 Å². The molecule has 0 saturated carbocycles. The van der Waals surface area contributed by atoms with E-state index >= 15 is 0 Å². The van der Waals surface area contributed by atoms with Gasteiger partial charge >= 0.3 is 5.69 Å². The maximum atomic E-state index is 13.2. The molecule has 0 spiro atoms. The molecule has 0 unspecified atom stereocenters. The number of imidazole rings is 1. The molecule has 0 aliphatic carbocycles. The molecule has 3 heterocycles. The first-order valence-corrected chi connectivity index (χ1v) is 9.99. The molecule has 0 fully saturated rings. The van der Waals surface area contributed by atoms with E-state index in [1.165, 1.54) is 45.9 Å². The van der Waals surface area contributed by atoms with Crippen LogP contribution >= 0.6 is 11.3 Å². The lowest BCUT2D eigenvalue weighted by Crippen LogP contribution is -2.45. The average molecular weight is 428 g/mol. The zero-order valence-electron chi connectivity index (χ0n) is 16.7. The second-order valence-electron chi connectivity index (χ2n) is 6.76. The van der Waals surface area contributed by atoms with Gasteiger partial charge in [0.25, 0.3) is 5.56 Å². The Morgan fingerprint density at radius 3 is 2.73 bits per heavy atom. The van der Waals surface area contributed by atoms with Crippen molar-refractivity contribution >= 4 is 43.8 Å². The second kappa shape index (κ2) is 7.84. The summed E-state index contributed by atoms with van der Waals surface area (Å²) in [6, 6.07) is 7.56. The number of ether oxygens (including phenoxy) is 1. The van der Waals surface area contributed by atoms with Crippen LogP contribution in [0.2, 0.25) is 0 Å². The summed E-state index contributed by atoms with van der Waals surface area (Å²) in [6.07, 6.45) is 1.46. The highest BCUT2D eigenvalue weighted by atomic mass is 32.1. The summed E-state index contributed by atoms with van der Waals surface area (Å²) in [5, 5.41) is 0.490. The molecule has 3 aromatic heterocycles. The Kier molecular flexibility index (Phi) is 5.22. The van der Waals surface area contributed by atoms with Gasteiger partial charge in [-0.05, 0) is 12.1 Å². The summed E-state index contributed by atoms with van der Waals surface area (Å²) < 4.78 is 9.80. The van der Waals surface area contributed by atoms with Crippen molar-refractivity contribution in [2.45, 2.75) is 6.54 Å². The molecule has 4 aromatic rings. The lowest BCUT2D eigenvalue weighted by Gasteiger charge is -2.20. The number of fused-ring (bicyclic) bond motifs is 2. The first kappa shape index (κ1) is 20.0. The molecule has 1 amide bonds. The number of para-hydroxylation sites is 1. The quantitative estimate of drug-likeness (QED) is 0.448. The fraction of sp³-hybridized carbons (Fsp3) is 0.316. The van der Waals surface area contributed by atoms with Crippen molar-refractivity contribution in [1.82, 2.24) is 23.7 Å². The second-order valence-corrected chi connectivity index (χ2v) is 7.77. The molecule has 0 aliphatic rings. The summed E-state index contributed by atoms with van der Waals surface area (Å²) in [5.41, 5.74) is 0.150. The molecule has 4 rings (SSSR count). The molecule has 30 heavy (non-hydrogen) atoms. The standard InChI is InChI=1S/C19H20N6O4S/c1-22-11-20-16-15(22)17(27)25(19(28)23(16)2)10-14(26)24(8-9-29-3)18-21-12-6-4-5-7-13(12)30-18/h4-7,11H,8-10H2,1-3H3. The smallest absolute Gasteiger partial charge is 0.332 e. The van der Waals surface area contributed by atoms with Gasteiger partial charge in [0.2, 0.25) is 5.91 Å². The predicted octanol–water partition coefficient (Wildman–Crippen LogP) is 0.723. The Bertz CT molecular complexity index is 1330. The Balaban J connectivity index is 1.75. The Morgan fingerprint density at radius 1 is 1.23 bits per heavy atom. The van der Waals surface area contributed by atoms with Crippen LogP contribution in [0, 0.1) is 0 Å². The highest BCUT2D eigenvalue weighted by Gasteiger charge is 2.23. The molecule has 10 nitrogen and oxygen atoms in total. The third kappa shape index (κ3) is 3.31. The molecule has 11 heteroatoms. The van der Waals surface area contributed by atoms with Crippen LogP contribution in [0.3, 0.4) is 0 Å². The lowest BCUT2D eigenvalue weighted by molar-refractivity contribution is -0.119. The molecule has 156 valence electrons. The average Bonchev–Trinajstić information content (AvgIpc) is 3.33. The third-order valence-corrected chi connectivity index (χ3v) is 5.89. The van der Waals surface area contributed by atoms with Crippen LogP contribution in [0.5, 0.6) is 0 Å². The normalized spacial score (nSPS) is 11.4. The van der Waals surface area contributed by atoms with E-state index in [4.69, 9.17) is 4.74 Å². The van der Waals surface area contributed by atoms with Crippen molar-refractivity contribution in [2.24, 2.45) is 14.1 Å². The zero-order valence-corrected chi connectivity index (χ0v) is 17.5. The molecule has 0 radical (unpaired) electrons. The van der Waals surface area contributed by atoms with Gasteiger partial charge in [-0.3, -0.25) is 19.1 Å². The number of methoxy groups -OCH3 is 1. The first-order chi connectivity index (χ1) is 14.4. The molecule has 0 saturated heterocycles. The van der Waals surface area contributed by atoms with Crippen LogP contribution in [0.25, 0.3) is 21.4 Å². The van der Waals surface area contributed by atoms with Gasteiger partial charge < -0.3 is 9.30 Å². The van der Waals surface area contributed by atoms with E-state index in [0.29, 0.717) is 5.13 Å². The van der Waals surface area contributed by atoms with Gasteiger partial charge in [0.1, 0.15) is 6.54 Å². The highest BCUT2D eigenvalue weighted by molar-refractivity contribution is 7.22. The van der Waals surface area contributed by atoms with Gasteiger partial charge in [0.15, 0.2) is 16.3 Å². The van der Waals surface area contributed by atoms with E-state index in [2.05, 4.69) is 9.97 Å². The van der Waals surface area contributed by atoms with Crippen molar-refractivity contribution in [1.29, 1.82) is 0 Å². The minimum atomic E-state index is -0.601. The molecule has 0 bridgehead atoms. The van der Waals surface area contributed by atoms with Crippen LogP contribution < -0.4 is 16.1 Å². The molecule has 0 atom stereocenters. The number of thiazole rings is 1. The lowest BCUT2D eigenvalue weighted by atomic mass is 10.3. The van der Waals surface area contributed by atoms with Crippen molar-refractivity contribution < 1.29 is 9.53 Å². The van der Waals surface area contributed by atoms with Gasteiger partial charge in [-0.25, -0.2) is 19.3 Å². The van der Waals surface area contributed by atoms with E-state index in [9.17, 15) is 14.4 Å². The van der Waals surface area contributed by atoms with E-state index in [1.54, 1.807) is 7.05 Å². The number of hydrogen-bond acceptors (Lipinski definition) is 7. The molecule has 0 aliphatic heterocycles. The molecular weight excluding hydrogens is 408 g/mol. The summed E-state index contributed by atoms with van der Waals surface area (Å²) in [4.78, 5) is 48.9. The number of rotatable bonds is 6. The van der Waals surface area contributed by atoms with Gasteiger partial charge in [0, 0.05) is 21.2 Å². The summed E-state index contributed by atoms with van der Waals surface area (Å²) >= 11 is 1.37. The minimum absolute atomic E-state index is 0.248. The number of hydrogen-bond donors (Lipinski definition) is 0. The highest BCUT2D eigenvalue weighted by Crippen LogP contribution is 2.28. The minimum Gasteiger partial charge on any atom is -0.383 e. The topological polar surface area (TPSA) is 104 Å². The van der Waals surface area contributed by atoms with Gasteiger partial charge in [-0.1, -0.05) is 23.5 Å². The van der Waals surface area contributed by atoms with E-state index in [1.807, 2.05) is 24.3 Å². The number of carbonyl (C=O) groups is 1. The number of aromatic nitrogens is 5. The monoisotopic (exact) mass is 428 g/mol. The Morgan fingerprint density at radius 2 is 2.00 bits per heavy atom. The predicted molar refractivity (Wildman–Crippen MR) is 114 cm³/mol. The van der Waals surface area contributed by atoms with Crippen LogP contribution in [-0.4, -0.2) is 49.8 Å². The Hall–Kier alpha value is -3.31. The maximum absolute atomic E-state index is 13.2. The van der Waals surface area contributed by atoms with Crippen LogP contribution in [0.4, 0.5) is 5.13 Å². The molecular formula is C19H20N6O4S. The number of aryl methyl sites for hydroxylation is 2. The number of amides is 1. The fourth-order valence-electron chi connectivity index (χ4n) is 3.24. The summed E-state index contributed by atoms with van der Waals surface area (Å²) in [7, 11) is 4.73. The molecule has 1 aromatic carbocycles. The van der Waals surface area contributed by atoms with Crippen molar-refractivity contribution in [3.8, 4) is 0 Å². The van der Waals surface area contributed by atoms with E-state index in [-0.39, 0.29) is 24.3 Å². The van der Waals surface area contributed by atoms with E-state index < -0.39 is 23.7 Å². The first-order valence-electron chi connectivity index (χ1n) is 9.18. The van der Waals surface area contributed by atoms with Crippen LogP contribution in [0.15, 0.2) is 40.2 Å². The SMILES string of the molecule is COCCN(C(=O)Cn1c(=O)c2c(ncn2C)n(C)c1=O)c1nc2ccccc2s1. The number of anilines is 1. The number of benzene rings is 1. The van der Waals surface area contributed by atoms with Crippen LogP contribution in [-0.2, 0) is 30.2 Å². The zero-order chi connectivity index (χ0) is 21.4. The van der Waals surface area contributed by atoms with Gasteiger partial charge in [0.05, 0.1) is 29.7 Å². The van der Waals surface area contributed by atoms with Gasteiger partial charge in [-0.15, -0.1) is 0 Å². The van der Waals surface area contributed by atoms with E-state index in [0.717, 1.165) is 14.8 Å².